The van der Waals surface area contributed by atoms with Crippen molar-refractivity contribution in [3.8, 4) is 0 Å². The fourth-order valence-electron chi connectivity index (χ4n) is 6.16. The molecule has 7 aromatic rings. The van der Waals surface area contributed by atoms with Crippen LogP contribution in [0.1, 0.15) is 33.9 Å². The van der Waals surface area contributed by atoms with E-state index in [1.54, 1.807) is 0 Å². The van der Waals surface area contributed by atoms with Gasteiger partial charge < -0.3 is 0 Å². The average Bonchev–Trinajstić information content (AvgIpc) is 3.10. The summed E-state index contributed by atoms with van der Waals surface area (Å²) in [6.07, 6.45) is 7.46. The molecule has 0 saturated heterocycles. The number of hydrogen-bond donors (Lipinski definition) is 0. The smallest absolute Gasteiger partial charge is 0.0544 e. The highest BCUT2D eigenvalue weighted by Crippen LogP contribution is 2.30. The van der Waals surface area contributed by atoms with Crippen LogP contribution in [0.2, 0.25) is 0 Å². The Bertz CT molecular complexity index is 1770. The van der Waals surface area contributed by atoms with Gasteiger partial charge in [-0.15, -0.1) is 0 Å². The van der Waals surface area contributed by atoms with Crippen molar-refractivity contribution < 1.29 is 0 Å². The van der Waals surface area contributed by atoms with Gasteiger partial charge in [-0.3, -0.25) is 29.7 Å². The Morgan fingerprint density at radius 3 is 1.04 bits per heavy atom. The highest BCUT2D eigenvalue weighted by molar-refractivity contribution is 6.01. The van der Waals surface area contributed by atoms with Crippen molar-refractivity contribution in [1.29, 1.82) is 0 Å². The summed E-state index contributed by atoms with van der Waals surface area (Å²) in [6, 6.07) is 42.5. The minimum Gasteiger partial charge on any atom is -0.287 e. The molecule has 0 bridgehead atoms. The molecule has 4 heterocycles. The number of fused-ring (bicyclic) bond motifs is 2. The van der Waals surface area contributed by atoms with E-state index >= 15 is 0 Å². The van der Waals surface area contributed by atoms with E-state index < -0.39 is 0 Å². The number of benzene rings is 3. The molecule has 0 N–H and O–H groups in total. The molecule has 0 radical (unpaired) electrons. The quantitative estimate of drug-likeness (QED) is 0.133. The zero-order chi connectivity index (χ0) is 31.0. The first-order valence-electron chi connectivity index (χ1n) is 15.7. The predicted molar refractivity (Wildman–Crippen MR) is 184 cm³/mol. The number of aromatic nitrogens is 4. The fourth-order valence-corrected chi connectivity index (χ4v) is 6.16. The van der Waals surface area contributed by atoms with Gasteiger partial charge in [-0.1, -0.05) is 60.7 Å². The van der Waals surface area contributed by atoms with Crippen LogP contribution in [0, 0.1) is 0 Å². The van der Waals surface area contributed by atoms with Crippen LogP contribution in [0.3, 0.4) is 0 Å². The number of rotatable bonds is 12. The maximum absolute atomic E-state index is 4.63. The van der Waals surface area contributed by atoms with Crippen molar-refractivity contribution in [3.05, 3.63) is 180 Å². The largest absolute Gasteiger partial charge is 0.287 e. The molecule has 0 fully saturated rings. The molecule has 0 unspecified atom stereocenters. The standard InChI is InChI=1S/C40H36N6/c1-5-19-41-35(15-1)27-45(28-36-16-2-6-20-42-36)25-33-13-9-11-31-23-32-12-10-14-34(40(32)24-39(31)33)26-46(29-37-17-3-7-21-43-37)30-38-18-4-8-22-44-38/h1-24H,25-30H2. The van der Waals surface area contributed by atoms with Crippen LogP contribution < -0.4 is 0 Å². The summed E-state index contributed by atoms with van der Waals surface area (Å²) in [5, 5.41) is 5.04. The number of nitrogens with zero attached hydrogens (tertiary/aromatic N) is 6. The lowest BCUT2D eigenvalue weighted by Crippen LogP contribution is -2.24. The number of pyridine rings is 4. The SMILES string of the molecule is c1ccc(CN(Cc2ccccn2)Cc2cccc3cc4cccc(CN(Cc5ccccn5)Cc5ccccn5)c4cc23)nc1. The molecule has 226 valence electrons. The summed E-state index contributed by atoms with van der Waals surface area (Å²) in [4.78, 5) is 23.4. The first kappa shape index (κ1) is 29.4. The summed E-state index contributed by atoms with van der Waals surface area (Å²) in [5.41, 5.74) is 6.78. The Morgan fingerprint density at radius 1 is 0.348 bits per heavy atom. The molecular formula is C40H36N6. The highest BCUT2D eigenvalue weighted by atomic mass is 15.1. The van der Waals surface area contributed by atoms with E-state index in [4.69, 9.17) is 0 Å². The Kier molecular flexibility index (Phi) is 9.08. The monoisotopic (exact) mass is 600 g/mol. The van der Waals surface area contributed by atoms with Gasteiger partial charge in [-0.25, -0.2) is 0 Å². The van der Waals surface area contributed by atoms with E-state index in [1.807, 2.05) is 49.1 Å². The average molecular weight is 601 g/mol. The minimum absolute atomic E-state index is 0.739. The zero-order valence-corrected chi connectivity index (χ0v) is 25.8. The lowest BCUT2D eigenvalue weighted by Gasteiger charge is -2.24. The molecule has 0 aliphatic carbocycles. The maximum atomic E-state index is 4.63. The predicted octanol–water partition coefficient (Wildman–Crippen LogP) is 7.98. The zero-order valence-electron chi connectivity index (χ0n) is 25.8. The van der Waals surface area contributed by atoms with Crippen LogP contribution in [0.25, 0.3) is 21.5 Å². The van der Waals surface area contributed by atoms with E-state index in [-0.39, 0.29) is 0 Å². The van der Waals surface area contributed by atoms with Crippen LogP contribution in [-0.2, 0) is 39.3 Å². The second-order valence-corrected chi connectivity index (χ2v) is 11.7. The molecule has 46 heavy (non-hydrogen) atoms. The molecule has 0 aliphatic heterocycles. The van der Waals surface area contributed by atoms with E-state index in [0.29, 0.717) is 0 Å². The van der Waals surface area contributed by atoms with E-state index in [2.05, 4.69) is 127 Å². The van der Waals surface area contributed by atoms with Crippen LogP contribution in [-0.4, -0.2) is 29.7 Å². The molecule has 7 rings (SSSR count). The summed E-state index contributed by atoms with van der Waals surface area (Å²) >= 11 is 0. The van der Waals surface area contributed by atoms with Crippen LogP contribution in [0.15, 0.2) is 146 Å². The summed E-state index contributed by atoms with van der Waals surface area (Å²) in [7, 11) is 0. The third-order valence-corrected chi connectivity index (χ3v) is 8.29. The van der Waals surface area contributed by atoms with E-state index in [0.717, 1.165) is 62.0 Å². The van der Waals surface area contributed by atoms with Gasteiger partial charge in [0.15, 0.2) is 0 Å². The first-order valence-corrected chi connectivity index (χ1v) is 15.7. The highest BCUT2D eigenvalue weighted by Gasteiger charge is 2.15. The normalized spacial score (nSPS) is 11.5. The molecule has 3 aromatic carbocycles. The molecule has 0 spiro atoms. The van der Waals surface area contributed by atoms with Crippen LogP contribution in [0.4, 0.5) is 0 Å². The molecule has 0 aliphatic rings. The Labute approximate surface area is 270 Å². The Hall–Kier alpha value is -5.30. The van der Waals surface area contributed by atoms with Gasteiger partial charge in [0.05, 0.1) is 22.8 Å². The maximum Gasteiger partial charge on any atom is 0.0544 e. The Morgan fingerprint density at radius 2 is 0.717 bits per heavy atom. The number of hydrogen-bond acceptors (Lipinski definition) is 6. The van der Waals surface area contributed by atoms with Crippen molar-refractivity contribution in [2.24, 2.45) is 0 Å². The van der Waals surface area contributed by atoms with Gasteiger partial charge in [0.2, 0.25) is 0 Å². The molecule has 4 aromatic heterocycles. The van der Waals surface area contributed by atoms with Gasteiger partial charge >= 0.3 is 0 Å². The van der Waals surface area contributed by atoms with Gasteiger partial charge in [-0.05, 0) is 93.3 Å². The van der Waals surface area contributed by atoms with Crippen LogP contribution >= 0.6 is 0 Å². The third-order valence-electron chi connectivity index (χ3n) is 8.29. The van der Waals surface area contributed by atoms with Crippen molar-refractivity contribution >= 4 is 21.5 Å². The van der Waals surface area contributed by atoms with Crippen molar-refractivity contribution in [2.45, 2.75) is 39.3 Å². The van der Waals surface area contributed by atoms with Crippen molar-refractivity contribution in [3.63, 3.8) is 0 Å². The first-order chi connectivity index (χ1) is 22.8. The topological polar surface area (TPSA) is 58.0 Å². The molecule has 6 heteroatoms. The van der Waals surface area contributed by atoms with Gasteiger partial charge in [0, 0.05) is 64.1 Å². The second kappa shape index (κ2) is 14.2. The lowest BCUT2D eigenvalue weighted by atomic mass is 9.96. The third kappa shape index (κ3) is 7.32. The summed E-state index contributed by atoms with van der Waals surface area (Å²) in [5.74, 6) is 0. The summed E-state index contributed by atoms with van der Waals surface area (Å²) in [6.45, 7) is 4.52. The van der Waals surface area contributed by atoms with Crippen molar-refractivity contribution in [1.82, 2.24) is 29.7 Å². The molecule has 0 saturated carbocycles. The van der Waals surface area contributed by atoms with E-state index in [9.17, 15) is 0 Å². The van der Waals surface area contributed by atoms with Gasteiger partial charge in [0.25, 0.3) is 0 Å². The molecule has 6 nitrogen and oxygen atoms in total. The Balaban J connectivity index is 1.23. The van der Waals surface area contributed by atoms with Gasteiger partial charge in [-0.2, -0.15) is 0 Å². The van der Waals surface area contributed by atoms with Gasteiger partial charge in [0.1, 0.15) is 0 Å². The second-order valence-electron chi connectivity index (χ2n) is 11.7. The molecule has 0 amide bonds. The minimum atomic E-state index is 0.739. The molecule has 0 atom stereocenters. The lowest BCUT2D eigenvalue weighted by molar-refractivity contribution is 0.242. The summed E-state index contributed by atoms with van der Waals surface area (Å²) < 4.78 is 0. The fraction of sp³-hybridized carbons (Fsp3) is 0.150. The van der Waals surface area contributed by atoms with Crippen molar-refractivity contribution in [2.75, 3.05) is 0 Å². The molecular weight excluding hydrogens is 564 g/mol. The van der Waals surface area contributed by atoms with E-state index in [1.165, 1.54) is 32.7 Å². The van der Waals surface area contributed by atoms with Crippen LogP contribution in [0.5, 0.6) is 0 Å².